The Kier molecular flexibility index (Phi) is 3.15. The highest BCUT2D eigenvalue weighted by Crippen LogP contribution is 2.15. The number of urea groups is 1. The molecule has 2 rings (SSSR count). The summed E-state index contributed by atoms with van der Waals surface area (Å²) in [4.78, 5) is 19.2. The third kappa shape index (κ3) is 3.16. The van der Waals surface area contributed by atoms with E-state index in [4.69, 9.17) is 0 Å². The van der Waals surface area contributed by atoms with Crippen LogP contribution in [0.3, 0.4) is 0 Å². The van der Waals surface area contributed by atoms with Crippen LogP contribution in [0.4, 0.5) is 16.3 Å². The summed E-state index contributed by atoms with van der Waals surface area (Å²) in [5.41, 5.74) is 0.492. The number of nitrogens with one attached hydrogen (secondary N) is 2. The lowest BCUT2D eigenvalue weighted by molar-refractivity contribution is 0.262. The van der Waals surface area contributed by atoms with E-state index in [1.807, 2.05) is 0 Å². The van der Waals surface area contributed by atoms with E-state index >= 15 is 0 Å². The zero-order valence-electron chi connectivity index (χ0n) is 8.79. The molecule has 86 valence electrons. The second-order valence-electron chi connectivity index (χ2n) is 3.22. The monoisotopic (exact) mass is 230 g/mol. The van der Waals surface area contributed by atoms with E-state index in [-0.39, 0.29) is 5.75 Å². The summed E-state index contributed by atoms with van der Waals surface area (Å²) < 4.78 is 0. The first-order chi connectivity index (χ1) is 8.24. The molecule has 2 aromatic rings. The molecule has 0 saturated heterocycles. The number of hydrogen-bond donors (Lipinski definition) is 3. The molecule has 6 nitrogen and oxygen atoms in total. The molecule has 0 bridgehead atoms. The Morgan fingerprint density at radius 1 is 1.24 bits per heavy atom. The topological polar surface area (TPSA) is 87.1 Å². The molecule has 3 N–H and O–H groups in total. The predicted octanol–water partition coefficient (Wildman–Crippen LogP) is 1.83. The molecule has 17 heavy (non-hydrogen) atoms. The van der Waals surface area contributed by atoms with Crippen molar-refractivity contribution < 1.29 is 9.90 Å². The smallest absolute Gasteiger partial charge is 0.324 e. The van der Waals surface area contributed by atoms with Gasteiger partial charge in [-0.3, -0.25) is 10.3 Å². The van der Waals surface area contributed by atoms with E-state index < -0.39 is 6.03 Å². The highest BCUT2D eigenvalue weighted by molar-refractivity contribution is 5.99. The molecule has 0 spiro atoms. The van der Waals surface area contributed by atoms with Crippen LogP contribution in [-0.2, 0) is 0 Å². The number of phenolic OH excluding ortho intramolecular Hbond substituents is 1. The van der Waals surface area contributed by atoms with E-state index in [1.165, 1.54) is 30.7 Å². The van der Waals surface area contributed by atoms with E-state index in [9.17, 15) is 9.90 Å². The summed E-state index contributed by atoms with van der Waals surface area (Å²) in [6, 6.07) is 5.81. The van der Waals surface area contributed by atoms with Gasteiger partial charge in [-0.25, -0.2) is 9.78 Å². The number of amides is 2. The average molecular weight is 230 g/mol. The van der Waals surface area contributed by atoms with Crippen molar-refractivity contribution in [3.63, 3.8) is 0 Å². The Bertz CT molecular complexity index is 516. The zero-order chi connectivity index (χ0) is 12.1. The van der Waals surface area contributed by atoms with Gasteiger partial charge in [0.15, 0.2) is 5.82 Å². The van der Waals surface area contributed by atoms with Crippen LogP contribution in [0.1, 0.15) is 0 Å². The van der Waals surface area contributed by atoms with Gasteiger partial charge in [-0.05, 0) is 12.1 Å². The summed E-state index contributed by atoms with van der Waals surface area (Å²) in [5.74, 6) is 0.437. The average Bonchev–Trinajstić information content (AvgIpc) is 2.30. The van der Waals surface area contributed by atoms with Gasteiger partial charge in [-0.15, -0.1) is 0 Å². The highest BCUT2D eigenvalue weighted by atomic mass is 16.3. The van der Waals surface area contributed by atoms with Crippen LogP contribution in [0.2, 0.25) is 0 Å². The summed E-state index contributed by atoms with van der Waals surface area (Å²) in [7, 11) is 0. The fourth-order valence-electron chi connectivity index (χ4n) is 1.23. The minimum Gasteiger partial charge on any atom is -0.508 e. The molecule has 0 radical (unpaired) electrons. The lowest BCUT2D eigenvalue weighted by Gasteiger charge is -2.06. The molecule has 0 fully saturated rings. The lowest BCUT2D eigenvalue weighted by Crippen LogP contribution is -2.20. The number of rotatable bonds is 2. The van der Waals surface area contributed by atoms with Gasteiger partial charge in [0.1, 0.15) is 5.75 Å². The maximum absolute atomic E-state index is 11.5. The third-order valence-electron chi connectivity index (χ3n) is 1.91. The SMILES string of the molecule is O=C(Nc1cccc(O)c1)Nc1cnccn1. The Hall–Kier alpha value is -2.63. The van der Waals surface area contributed by atoms with Gasteiger partial charge in [0.05, 0.1) is 6.20 Å². The number of nitrogens with zero attached hydrogens (tertiary/aromatic N) is 2. The van der Waals surface area contributed by atoms with Crippen LogP contribution in [0.5, 0.6) is 5.75 Å². The van der Waals surface area contributed by atoms with Crippen molar-refractivity contribution >= 4 is 17.5 Å². The van der Waals surface area contributed by atoms with Crippen LogP contribution in [0.25, 0.3) is 0 Å². The second kappa shape index (κ2) is 4.93. The summed E-state index contributed by atoms with van der Waals surface area (Å²) in [6.07, 6.45) is 4.42. The molecule has 0 atom stereocenters. The van der Waals surface area contributed by atoms with Crippen molar-refractivity contribution in [1.29, 1.82) is 0 Å². The Morgan fingerprint density at radius 2 is 2.12 bits per heavy atom. The maximum Gasteiger partial charge on any atom is 0.324 e. The summed E-state index contributed by atoms with van der Waals surface area (Å²) in [5, 5.41) is 14.3. The summed E-state index contributed by atoms with van der Waals surface area (Å²) >= 11 is 0. The van der Waals surface area contributed by atoms with Gasteiger partial charge in [0.25, 0.3) is 0 Å². The second-order valence-corrected chi connectivity index (χ2v) is 3.22. The lowest BCUT2D eigenvalue weighted by atomic mass is 10.3. The maximum atomic E-state index is 11.5. The van der Waals surface area contributed by atoms with Crippen LogP contribution >= 0.6 is 0 Å². The number of aromatic nitrogens is 2. The first-order valence-corrected chi connectivity index (χ1v) is 4.87. The van der Waals surface area contributed by atoms with E-state index in [0.717, 1.165) is 0 Å². The Morgan fingerprint density at radius 3 is 2.82 bits per heavy atom. The minimum absolute atomic E-state index is 0.0855. The molecule has 0 saturated carbocycles. The Labute approximate surface area is 97.3 Å². The number of aromatic hydroxyl groups is 1. The van der Waals surface area contributed by atoms with E-state index in [2.05, 4.69) is 20.6 Å². The van der Waals surface area contributed by atoms with E-state index in [0.29, 0.717) is 11.5 Å². The Balaban J connectivity index is 1.98. The van der Waals surface area contributed by atoms with Crippen molar-refractivity contribution in [3.8, 4) is 5.75 Å². The normalized spacial score (nSPS) is 9.65. The molecule has 0 aliphatic rings. The molecule has 2 amide bonds. The number of carbonyl (C=O) groups excluding carboxylic acids is 1. The molecule has 1 heterocycles. The van der Waals surface area contributed by atoms with Crippen molar-refractivity contribution in [3.05, 3.63) is 42.9 Å². The predicted molar refractivity (Wildman–Crippen MR) is 62.8 cm³/mol. The number of hydrogen-bond acceptors (Lipinski definition) is 4. The minimum atomic E-state index is -0.448. The molecule has 0 unspecified atom stereocenters. The van der Waals surface area contributed by atoms with Gasteiger partial charge in [-0.1, -0.05) is 6.07 Å². The first-order valence-electron chi connectivity index (χ1n) is 4.87. The van der Waals surface area contributed by atoms with Gasteiger partial charge in [-0.2, -0.15) is 0 Å². The standard InChI is InChI=1S/C11H10N4O2/c16-9-3-1-2-8(6-9)14-11(17)15-10-7-12-4-5-13-10/h1-7,16H,(H2,13,14,15,17). The zero-order valence-corrected chi connectivity index (χ0v) is 8.79. The molecular formula is C11H10N4O2. The van der Waals surface area contributed by atoms with Crippen LogP contribution in [0, 0.1) is 0 Å². The van der Waals surface area contributed by atoms with Gasteiger partial charge in [0.2, 0.25) is 0 Å². The molecule has 0 aliphatic heterocycles. The molecule has 1 aromatic heterocycles. The van der Waals surface area contributed by atoms with Crippen molar-refractivity contribution in [1.82, 2.24) is 9.97 Å². The fraction of sp³-hybridized carbons (Fsp3) is 0. The number of anilines is 2. The third-order valence-corrected chi connectivity index (χ3v) is 1.91. The summed E-state index contributed by atoms with van der Waals surface area (Å²) in [6.45, 7) is 0. The molecule has 6 heteroatoms. The van der Waals surface area contributed by atoms with Crippen molar-refractivity contribution in [2.24, 2.45) is 0 Å². The van der Waals surface area contributed by atoms with Crippen LogP contribution in [-0.4, -0.2) is 21.1 Å². The van der Waals surface area contributed by atoms with Crippen LogP contribution in [0.15, 0.2) is 42.9 Å². The number of phenols is 1. The van der Waals surface area contributed by atoms with E-state index in [1.54, 1.807) is 12.1 Å². The fourth-order valence-corrected chi connectivity index (χ4v) is 1.23. The van der Waals surface area contributed by atoms with Crippen molar-refractivity contribution in [2.75, 3.05) is 10.6 Å². The molecule has 1 aromatic carbocycles. The quantitative estimate of drug-likeness (QED) is 0.734. The first kappa shape index (κ1) is 10.9. The number of benzene rings is 1. The van der Waals surface area contributed by atoms with Crippen LogP contribution < -0.4 is 10.6 Å². The molecule has 0 aliphatic carbocycles. The number of carbonyl (C=O) groups is 1. The van der Waals surface area contributed by atoms with Gasteiger partial charge in [0, 0.05) is 24.1 Å². The molecular weight excluding hydrogens is 220 g/mol. The van der Waals surface area contributed by atoms with Crippen molar-refractivity contribution in [2.45, 2.75) is 0 Å². The van der Waals surface area contributed by atoms with Gasteiger partial charge >= 0.3 is 6.03 Å². The highest BCUT2D eigenvalue weighted by Gasteiger charge is 2.03. The van der Waals surface area contributed by atoms with Gasteiger partial charge < -0.3 is 10.4 Å². The largest absolute Gasteiger partial charge is 0.508 e.